The molecule has 0 aliphatic carbocycles. The maximum Gasteiger partial charge on any atom is 0.241 e. The van der Waals surface area contributed by atoms with Gasteiger partial charge in [0.25, 0.3) is 0 Å². The molecule has 1 rings (SSSR count). The summed E-state index contributed by atoms with van der Waals surface area (Å²) in [5, 5.41) is 0. The number of anilines is 1. The van der Waals surface area contributed by atoms with Gasteiger partial charge in [-0.3, -0.25) is 0 Å². The second kappa shape index (κ2) is 2.01. The number of aromatic nitrogens is 1. The van der Waals surface area contributed by atoms with Crippen molar-refractivity contribution in [3.05, 3.63) is 24.0 Å². The third-order valence-electron chi connectivity index (χ3n) is 0.994. The normalized spacial score (nSPS) is 9.56. The van der Waals surface area contributed by atoms with Crippen molar-refractivity contribution >= 4 is 5.69 Å². The van der Waals surface area contributed by atoms with Crippen LogP contribution in [0.15, 0.2) is 18.5 Å². The lowest BCUT2D eigenvalue weighted by Gasteiger charge is -1.87. The van der Waals surface area contributed by atoms with Crippen LogP contribution in [-0.4, -0.2) is 0 Å². The Morgan fingerprint density at radius 3 is 2.67 bits per heavy atom. The molecule has 1 heterocycles. The van der Waals surface area contributed by atoms with Gasteiger partial charge in [-0.05, 0) is 13.0 Å². The molecule has 0 aromatic carbocycles. The summed E-state index contributed by atoms with van der Waals surface area (Å²) in [5.41, 5.74) is 6.56. The van der Waals surface area contributed by atoms with Crippen LogP contribution in [0.5, 0.6) is 0 Å². The van der Waals surface area contributed by atoms with Gasteiger partial charge in [-0.15, -0.1) is 0 Å². The van der Waals surface area contributed by atoms with E-state index in [0.717, 1.165) is 5.56 Å². The topological polar surface area (TPSA) is 29.9 Å². The third kappa shape index (κ3) is 1.38. The number of hydrogen-bond donors (Lipinski definition) is 1. The standard InChI is InChI=1S/C6H8FN2/c1-5-2-6(8)4-9(7)3-5/h2-4H,8H2,1H3/q+1. The maximum atomic E-state index is 12.3. The Hall–Kier alpha value is -1.12. The molecule has 0 saturated heterocycles. The molecule has 0 amide bonds. The first-order chi connectivity index (χ1) is 4.18. The molecular weight excluding hydrogens is 119 g/mol. The lowest BCUT2D eigenvalue weighted by molar-refractivity contribution is -0.843. The van der Waals surface area contributed by atoms with E-state index < -0.39 is 0 Å². The summed E-state index contributed by atoms with van der Waals surface area (Å²) in [4.78, 5) is 0.449. The van der Waals surface area contributed by atoms with Crippen LogP contribution in [0, 0.1) is 6.92 Å². The van der Waals surface area contributed by atoms with Crippen LogP contribution >= 0.6 is 0 Å². The van der Waals surface area contributed by atoms with E-state index in [1.54, 1.807) is 13.0 Å². The quantitative estimate of drug-likeness (QED) is 0.543. The molecule has 0 aliphatic rings. The molecule has 0 unspecified atom stereocenters. The van der Waals surface area contributed by atoms with Crippen molar-refractivity contribution in [2.45, 2.75) is 6.92 Å². The van der Waals surface area contributed by atoms with Crippen molar-refractivity contribution in [1.82, 2.24) is 0 Å². The summed E-state index contributed by atoms with van der Waals surface area (Å²) in [6.07, 6.45) is 2.57. The highest BCUT2D eigenvalue weighted by molar-refractivity contribution is 5.34. The zero-order valence-electron chi connectivity index (χ0n) is 5.13. The first-order valence-electron chi connectivity index (χ1n) is 2.63. The molecule has 9 heavy (non-hydrogen) atoms. The molecular formula is C6H8FN2+. The minimum absolute atomic E-state index is 0.442. The van der Waals surface area contributed by atoms with E-state index in [-0.39, 0.29) is 0 Å². The van der Waals surface area contributed by atoms with Crippen LogP contribution in [0.4, 0.5) is 10.2 Å². The number of hydrogen-bond acceptors (Lipinski definition) is 1. The first kappa shape index (κ1) is 6.01. The number of nitrogens with two attached hydrogens (primary N) is 1. The van der Waals surface area contributed by atoms with Crippen molar-refractivity contribution in [3.8, 4) is 0 Å². The fraction of sp³-hybridized carbons (Fsp3) is 0.167. The van der Waals surface area contributed by atoms with Gasteiger partial charge in [-0.1, -0.05) is 0 Å². The summed E-state index contributed by atoms with van der Waals surface area (Å²) >= 11 is 0. The van der Waals surface area contributed by atoms with Crippen LogP contribution < -0.4 is 10.5 Å². The molecule has 2 N–H and O–H groups in total. The monoisotopic (exact) mass is 127 g/mol. The molecule has 3 heteroatoms. The van der Waals surface area contributed by atoms with Crippen LogP contribution in [0.1, 0.15) is 5.56 Å². The van der Waals surface area contributed by atoms with Crippen LogP contribution in [-0.2, 0) is 0 Å². The number of halogens is 1. The van der Waals surface area contributed by atoms with E-state index in [1.165, 1.54) is 12.4 Å². The highest BCUT2D eigenvalue weighted by atomic mass is 19.2. The van der Waals surface area contributed by atoms with Crippen LogP contribution in [0.2, 0.25) is 0 Å². The van der Waals surface area contributed by atoms with E-state index >= 15 is 0 Å². The van der Waals surface area contributed by atoms with Crippen LogP contribution in [0.25, 0.3) is 0 Å². The Balaban J connectivity index is 3.17. The molecule has 0 aliphatic heterocycles. The summed E-state index contributed by atoms with van der Waals surface area (Å²) in [7, 11) is 0. The molecule has 0 radical (unpaired) electrons. The molecule has 0 fully saturated rings. The predicted octanol–water partition coefficient (Wildman–Crippen LogP) is 0.597. The minimum atomic E-state index is 0.442. The molecule has 0 bridgehead atoms. The van der Waals surface area contributed by atoms with Crippen molar-refractivity contribution in [2.75, 3.05) is 5.73 Å². The molecule has 0 saturated carbocycles. The van der Waals surface area contributed by atoms with Gasteiger partial charge >= 0.3 is 0 Å². The molecule has 2 nitrogen and oxygen atoms in total. The fourth-order valence-electron chi connectivity index (χ4n) is 0.712. The van der Waals surface area contributed by atoms with Gasteiger partial charge in [0.05, 0.1) is 4.48 Å². The minimum Gasteiger partial charge on any atom is -0.394 e. The van der Waals surface area contributed by atoms with Crippen LogP contribution in [0.3, 0.4) is 0 Å². The average molecular weight is 127 g/mol. The number of rotatable bonds is 0. The second-order valence-electron chi connectivity index (χ2n) is 1.99. The van der Waals surface area contributed by atoms with E-state index in [2.05, 4.69) is 0 Å². The lowest BCUT2D eigenvalue weighted by atomic mass is 10.3. The molecule has 48 valence electrons. The van der Waals surface area contributed by atoms with Crippen molar-refractivity contribution in [3.63, 3.8) is 0 Å². The van der Waals surface area contributed by atoms with Crippen molar-refractivity contribution in [1.29, 1.82) is 0 Å². The average Bonchev–Trinajstić information content (AvgIpc) is 1.59. The fourth-order valence-corrected chi connectivity index (χ4v) is 0.712. The second-order valence-corrected chi connectivity index (χ2v) is 1.99. The Bertz CT molecular complexity index is 172. The van der Waals surface area contributed by atoms with Gasteiger partial charge in [0.15, 0.2) is 0 Å². The summed E-state index contributed by atoms with van der Waals surface area (Å²) < 4.78 is 12.3. The zero-order valence-corrected chi connectivity index (χ0v) is 5.13. The summed E-state index contributed by atoms with van der Waals surface area (Å²) in [6, 6.07) is 1.70. The molecule has 1 aromatic rings. The highest BCUT2D eigenvalue weighted by Gasteiger charge is 1.99. The Kier molecular flexibility index (Phi) is 1.34. The predicted molar refractivity (Wildman–Crippen MR) is 32.3 cm³/mol. The van der Waals surface area contributed by atoms with Gasteiger partial charge in [0.2, 0.25) is 12.4 Å². The van der Waals surface area contributed by atoms with E-state index in [4.69, 9.17) is 5.73 Å². The largest absolute Gasteiger partial charge is 0.394 e. The first-order valence-corrected chi connectivity index (χ1v) is 2.63. The van der Waals surface area contributed by atoms with E-state index in [1.807, 2.05) is 0 Å². The zero-order chi connectivity index (χ0) is 6.85. The SMILES string of the molecule is Cc1cc(N)c[n+](F)c1. The van der Waals surface area contributed by atoms with Crippen molar-refractivity contribution in [2.24, 2.45) is 0 Å². The van der Waals surface area contributed by atoms with Gasteiger partial charge < -0.3 is 5.73 Å². The van der Waals surface area contributed by atoms with E-state index in [9.17, 15) is 4.48 Å². The number of pyridine rings is 1. The highest BCUT2D eigenvalue weighted by Crippen LogP contribution is 1.99. The maximum absolute atomic E-state index is 12.3. The van der Waals surface area contributed by atoms with E-state index in [0.29, 0.717) is 10.5 Å². The molecule has 1 aromatic heterocycles. The summed E-state index contributed by atoms with van der Waals surface area (Å²) in [6.45, 7) is 1.78. The van der Waals surface area contributed by atoms with Gasteiger partial charge in [-0.25, -0.2) is 0 Å². The summed E-state index contributed by atoms with van der Waals surface area (Å²) in [5.74, 6) is 0. The Labute approximate surface area is 52.7 Å². The van der Waals surface area contributed by atoms with Gasteiger partial charge in [-0.2, -0.15) is 0 Å². The van der Waals surface area contributed by atoms with Gasteiger partial charge in [0.1, 0.15) is 5.69 Å². The molecule has 0 spiro atoms. The third-order valence-corrected chi connectivity index (χ3v) is 0.994. The number of nitrogen functional groups attached to an aromatic ring is 1. The number of aryl methyl sites for hydroxylation is 1. The lowest BCUT2D eigenvalue weighted by Crippen LogP contribution is -2.21. The van der Waals surface area contributed by atoms with Crippen molar-refractivity contribution < 1.29 is 9.27 Å². The Morgan fingerprint density at radius 1 is 1.56 bits per heavy atom. The number of nitrogens with zero attached hydrogens (tertiary/aromatic N) is 1. The molecule has 0 atom stereocenters. The Morgan fingerprint density at radius 2 is 2.22 bits per heavy atom. The van der Waals surface area contributed by atoms with Gasteiger partial charge in [0, 0.05) is 10.4 Å². The smallest absolute Gasteiger partial charge is 0.241 e.